The van der Waals surface area contributed by atoms with E-state index in [1.807, 2.05) is 0 Å². The van der Waals surface area contributed by atoms with Gasteiger partial charge in [0.15, 0.2) is 0 Å². The van der Waals surface area contributed by atoms with Crippen LogP contribution >= 0.6 is 0 Å². The van der Waals surface area contributed by atoms with Gasteiger partial charge in [-0.25, -0.2) is 13.6 Å². The summed E-state index contributed by atoms with van der Waals surface area (Å²) in [5, 5.41) is 2.24. The van der Waals surface area contributed by atoms with Crippen LogP contribution in [0.2, 0.25) is 0 Å². The number of amides is 1. The number of nitrogens with one attached hydrogen (secondary N) is 1. The molecule has 0 saturated carbocycles. The first-order chi connectivity index (χ1) is 10.5. The number of unbranched alkanes of at least 4 members (excludes halogenated alkanes) is 3. The first-order valence-corrected chi connectivity index (χ1v) is 7.38. The third kappa shape index (κ3) is 5.42. The number of ether oxygens (including phenoxy) is 1. The molecule has 0 spiro atoms. The molecule has 0 aliphatic rings. The molecule has 0 saturated heterocycles. The topological polar surface area (TPSA) is 55.4 Å². The zero-order valence-corrected chi connectivity index (χ0v) is 12.8. The molecule has 6 heteroatoms. The minimum atomic E-state index is -0.981. The van der Waals surface area contributed by atoms with Gasteiger partial charge in [-0.3, -0.25) is 4.79 Å². The number of carbonyl (C=O) groups excluding carboxylic acids is 2. The first kappa shape index (κ1) is 18.1. The van der Waals surface area contributed by atoms with Gasteiger partial charge in [0.25, 0.3) is 5.91 Å². The molecule has 1 N–H and O–H groups in total. The fourth-order valence-corrected chi connectivity index (χ4v) is 1.87. The van der Waals surface area contributed by atoms with Crippen molar-refractivity contribution in [3.8, 4) is 0 Å². The van der Waals surface area contributed by atoms with Crippen LogP contribution in [0.15, 0.2) is 18.2 Å². The average Bonchev–Trinajstić information content (AvgIpc) is 2.46. The second-order valence-corrected chi connectivity index (χ2v) is 5.02. The summed E-state index contributed by atoms with van der Waals surface area (Å²) in [6, 6.07) is 2.15. The molecule has 0 heterocycles. The summed E-state index contributed by atoms with van der Waals surface area (Å²) in [4.78, 5) is 23.5. The number of carbonyl (C=O) groups is 2. The number of benzene rings is 1. The SMILES string of the molecule is CCCCCCOC(=O)[C@H](C)NC(=O)c1c(F)cccc1F. The molecule has 0 bridgehead atoms. The maximum Gasteiger partial charge on any atom is 0.328 e. The number of rotatable bonds is 8. The molecular formula is C16H21F2NO3. The van der Waals surface area contributed by atoms with Crippen molar-refractivity contribution < 1.29 is 23.1 Å². The van der Waals surface area contributed by atoms with E-state index >= 15 is 0 Å². The van der Waals surface area contributed by atoms with E-state index in [0.717, 1.165) is 43.9 Å². The number of esters is 1. The van der Waals surface area contributed by atoms with E-state index in [9.17, 15) is 18.4 Å². The highest BCUT2D eigenvalue weighted by atomic mass is 19.1. The molecule has 1 rings (SSSR count). The second-order valence-electron chi connectivity index (χ2n) is 5.02. The van der Waals surface area contributed by atoms with E-state index < -0.39 is 35.1 Å². The van der Waals surface area contributed by atoms with Crippen molar-refractivity contribution >= 4 is 11.9 Å². The first-order valence-electron chi connectivity index (χ1n) is 7.38. The van der Waals surface area contributed by atoms with E-state index in [-0.39, 0.29) is 6.61 Å². The molecule has 0 radical (unpaired) electrons. The molecule has 122 valence electrons. The highest BCUT2D eigenvalue weighted by Gasteiger charge is 2.22. The van der Waals surface area contributed by atoms with E-state index in [1.165, 1.54) is 6.92 Å². The van der Waals surface area contributed by atoms with E-state index in [1.54, 1.807) is 0 Å². The van der Waals surface area contributed by atoms with E-state index in [2.05, 4.69) is 12.2 Å². The molecule has 1 amide bonds. The Hall–Kier alpha value is -1.98. The van der Waals surface area contributed by atoms with Gasteiger partial charge in [0.2, 0.25) is 0 Å². The Morgan fingerprint density at radius 1 is 1.18 bits per heavy atom. The lowest BCUT2D eigenvalue weighted by molar-refractivity contribution is -0.145. The number of halogens is 2. The lowest BCUT2D eigenvalue weighted by Crippen LogP contribution is -2.40. The van der Waals surface area contributed by atoms with Crippen LogP contribution in [0, 0.1) is 11.6 Å². The smallest absolute Gasteiger partial charge is 0.328 e. The average molecular weight is 313 g/mol. The Bertz CT molecular complexity index is 500. The molecule has 1 atom stereocenters. The maximum atomic E-state index is 13.5. The van der Waals surface area contributed by atoms with E-state index in [0.29, 0.717) is 0 Å². The van der Waals surface area contributed by atoms with Crippen LogP contribution < -0.4 is 5.32 Å². The van der Waals surface area contributed by atoms with Crippen molar-refractivity contribution in [3.63, 3.8) is 0 Å². The molecule has 0 unspecified atom stereocenters. The largest absolute Gasteiger partial charge is 0.464 e. The van der Waals surface area contributed by atoms with Gasteiger partial charge < -0.3 is 10.1 Å². The molecule has 0 aliphatic carbocycles. The molecule has 1 aromatic rings. The lowest BCUT2D eigenvalue weighted by atomic mass is 10.1. The van der Waals surface area contributed by atoms with Crippen molar-refractivity contribution in [1.29, 1.82) is 0 Å². The molecule has 22 heavy (non-hydrogen) atoms. The van der Waals surface area contributed by atoms with Gasteiger partial charge in [-0.05, 0) is 25.5 Å². The lowest BCUT2D eigenvalue weighted by Gasteiger charge is -2.14. The minimum absolute atomic E-state index is 0.271. The highest BCUT2D eigenvalue weighted by molar-refractivity contribution is 5.97. The zero-order chi connectivity index (χ0) is 16.5. The van der Waals surface area contributed by atoms with Crippen molar-refractivity contribution in [1.82, 2.24) is 5.32 Å². The summed E-state index contributed by atoms with van der Waals surface area (Å²) in [5.74, 6) is -3.55. The monoisotopic (exact) mass is 313 g/mol. The maximum absolute atomic E-state index is 13.5. The van der Waals surface area contributed by atoms with Gasteiger partial charge in [-0.2, -0.15) is 0 Å². The highest BCUT2D eigenvalue weighted by Crippen LogP contribution is 2.12. The van der Waals surface area contributed by atoms with Crippen LogP contribution in [0.25, 0.3) is 0 Å². The third-order valence-electron chi connectivity index (χ3n) is 3.13. The van der Waals surface area contributed by atoms with Gasteiger partial charge >= 0.3 is 5.97 Å². The fourth-order valence-electron chi connectivity index (χ4n) is 1.87. The van der Waals surface area contributed by atoms with Crippen molar-refractivity contribution in [2.45, 2.75) is 45.6 Å². The minimum Gasteiger partial charge on any atom is -0.464 e. The van der Waals surface area contributed by atoms with Crippen LogP contribution in [0.5, 0.6) is 0 Å². The van der Waals surface area contributed by atoms with Crippen LogP contribution in [0.4, 0.5) is 8.78 Å². The van der Waals surface area contributed by atoms with Crippen LogP contribution in [-0.4, -0.2) is 24.5 Å². The summed E-state index contributed by atoms with van der Waals surface area (Å²) in [7, 11) is 0. The van der Waals surface area contributed by atoms with Crippen molar-refractivity contribution in [3.05, 3.63) is 35.4 Å². The summed E-state index contributed by atoms with van der Waals surface area (Å²) in [6.07, 6.45) is 3.86. The van der Waals surface area contributed by atoms with Crippen LogP contribution in [-0.2, 0) is 9.53 Å². The van der Waals surface area contributed by atoms with Crippen molar-refractivity contribution in [2.24, 2.45) is 0 Å². The summed E-state index contributed by atoms with van der Waals surface area (Å²) < 4.78 is 31.9. The normalized spacial score (nSPS) is 11.8. The Labute approximate surface area is 128 Å². The number of hydrogen-bond acceptors (Lipinski definition) is 3. The molecule has 1 aromatic carbocycles. The molecule has 4 nitrogen and oxygen atoms in total. The van der Waals surface area contributed by atoms with Gasteiger partial charge in [0.1, 0.15) is 23.2 Å². The zero-order valence-electron chi connectivity index (χ0n) is 12.8. The number of hydrogen-bond donors (Lipinski definition) is 1. The predicted octanol–water partition coefficient (Wildman–Crippen LogP) is 3.21. The summed E-state index contributed by atoms with van der Waals surface area (Å²) >= 11 is 0. The van der Waals surface area contributed by atoms with Gasteiger partial charge in [0.05, 0.1) is 6.61 Å². The Morgan fingerprint density at radius 3 is 2.41 bits per heavy atom. The predicted molar refractivity (Wildman–Crippen MR) is 78.4 cm³/mol. The quantitative estimate of drug-likeness (QED) is 0.592. The Kier molecular flexibility index (Phi) is 7.49. The molecular weight excluding hydrogens is 292 g/mol. The standard InChI is InChI=1S/C16H21F2NO3/c1-3-4-5-6-10-22-16(21)11(2)19-15(20)14-12(17)8-7-9-13(14)18/h7-9,11H,3-6,10H2,1-2H3,(H,19,20)/t11-/m0/s1. The van der Waals surface area contributed by atoms with E-state index in [4.69, 9.17) is 4.74 Å². The summed E-state index contributed by atoms with van der Waals surface area (Å²) in [6.45, 7) is 3.75. The fraction of sp³-hybridized carbons (Fsp3) is 0.500. The Balaban J connectivity index is 2.48. The van der Waals surface area contributed by atoms with Gasteiger partial charge in [-0.15, -0.1) is 0 Å². The summed E-state index contributed by atoms with van der Waals surface area (Å²) in [5.41, 5.74) is -0.704. The molecule has 0 aromatic heterocycles. The molecule has 0 fully saturated rings. The van der Waals surface area contributed by atoms with Crippen LogP contribution in [0.1, 0.15) is 49.9 Å². The molecule has 0 aliphatic heterocycles. The van der Waals surface area contributed by atoms with Crippen molar-refractivity contribution in [2.75, 3.05) is 6.61 Å². The Morgan fingerprint density at radius 2 is 1.82 bits per heavy atom. The van der Waals surface area contributed by atoms with Gasteiger partial charge in [0, 0.05) is 0 Å². The second kappa shape index (κ2) is 9.12. The third-order valence-corrected chi connectivity index (χ3v) is 3.13. The van der Waals surface area contributed by atoms with Crippen LogP contribution in [0.3, 0.4) is 0 Å². The van der Waals surface area contributed by atoms with Gasteiger partial charge in [-0.1, -0.05) is 32.3 Å².